The molecule has 11 nitrogen and oxygen atoms in total. The van der Waals surface area contributed by atoms with Crippen LogP contribution in [-0.2, 0) is 16.1 Å². The predicted molar refractivity (Wildman–Crippen MR) is 132 cm³/mol. The predicted octanol–water partition coefficient (Wildman–Crippen LogP) is 1.57. The summed E-state index contributed by atoms with van der Waals surface area (Å²) in [6.45, 7) is 2.36. The topological polar surface area (TPSA) is 128 Å². The van der Waals surface area contributed by atoms with E-state index in [9.17, 15) is 18.8 Å². The van der Waals surface area contributed by atoms with Crippen LogP contribution < -0.4 is 15.4 Å². The van der Waals surface area contributed by atoms with Crippen molar-refractivity contribution in [3.63, 3.8) is 0 Å². The van der Waals surface area contributed by atoms with Crippen LogP contribution in [0.1, 0.15) is 33.5 Å². The number of ether oxygens (including phenoxy) is 2. The molecule has 2 N–H and O–H groups in total. The fourth-order valence-electron chi connectivity index (χ4n) is 3.26. The van der Waals surface area contributed by atoms with Gasteiger partial charge in [0.15, 0.2) is 5.69 Å². The first-order chi connectivity index (χ1) is 17.8. The number of aromatic nitrogens is 3. The first-order valence-corrected chi connectivity index (χ1v) is 11.6. The SMILES string of the molecule is CCNC(=O)c1ccc(-n2nnc(C(=O)NCCOC(=O)CN(C)C)c2COc2cccc(F)c2)cc1. The first-order valence-electron chi connectivity index (χ1n) is 11.6. The van der Waals surface area contributed by atoms with E-state index in [1.165, 1.54) is 22.9 Å². The standard InChI is InChI=1S/C25H29FN6O5/c1-4-27-24(34)17-8-10-19(11-9-17)32-21(16-37-20-7-5-6-18(26)14-20)23(29-30-32)25(35)28-12-13-36-22(33)15-31(2)3/h5-11,14H,4,12-13,15-16H2,1-3H3,(H,27,34)(H,28,35). The molecule has 3 rings (SSSR count). The highest BCUT2D eigenvalue weighted by molar-refractivity contribution is 5.94. The third-order valence-corrected chi connectivity index (χ3v) is 4.96. The third-order valence-electron chi connectivity index (χ3n) is 4.96. The van der Waals surface area contributed by atoms with Crippen molar-refractivity contribution in [2.24, 2.45) is 0 Å². The molecule has 196 valence electrons. The zero-order valence-corrected chi connectivity index (χ0v) is 20.9. The normalized spacial score (nSPS) is 10.7. The van der Waals surface area contributed by atoms with E-state index in [1.54, 1.807) is 49.3 Å². The molecule has 1 aromatic heterocycles. The van der Waals surface area contributed by atoms with Gasteiger partial charge in [-0.05, 0) is 57.4 Å². The molecule has 0 unspecified atom stereocenters. The number of halogens is 1. The fraction of sp³-hybridized carbons (Fsp3) is 0.320. The van der Waals surface area contributed by atoms with Crippen molar-refractivity contribution in [3.05, 3.63) is 71.3 Å². The lowest BCUT2D eigenvalue weighted by Gasteiger charge is -2.12. The van der Waals surface area contributed by atoms with Gasteiger partial charge in [0, 0.05) is 18.2 Å². The van der Waals surface area contributed by atoms with Crippen molar-refractivity contribution in [3.8, 4) is 11.4 Å². The Bertz CT molecular complexity index is 1230. The maximum Gasteiger partial charge on any atom is 0.320 e. The number of likely N-dealkylation sites (N-methyl/N-ethyl adjacent to an activating group) is 1. The molecule has 37 heavy (non-hydrogen) atoms. The molecule has 3 aromatic rings. The molecule has 2 aromatic carbocycles. The smallest absolute Gasteiger partial charge is 0.320 e. The van der Waals surface area contributed by atoms with Crippen LogP contribution in [0.25, 0.3) is 5.69 Å². The highest BCUT2D eigenvalue weighted by Crippen LogP contribution is 2.19. The Kier molecular flexibility index (Phi) is 9.67. The van der Waals surface area contributed by atoms with Gasteiger partial charge in [0.2, 0.25) is 0 Å². The van der Waals surface area contributed by atoms with Gasteiger partial charge in [0.1, 0.15) is 30.5 Å². The summed E-state index contributed by atoms with van der Waals surface area (Å²) in [5.41, 5.74) is 1.29. The monoisotopic (exact) mass is 512 g/mol. The number of esters is 1. The quantitative estimate of drug-likeness (QED) is 0.277. The molecule has 0 saturated heterocycles. The summed E-state index contributed by atoms with van der Waals surface area (Å²) in [6.07, 6.45) is 0. The van der Waals surface area contributed by atoms with Gasteiger partial charge in [-0.2, -0.15) is 0 Å². The Morgan fingerprint density at radius 1 is 1.05 bits per heavy atom. The van der Waals surface area contributed by atoms with Crippen LogP contribution in [0, 0.1) is 5.82 Å². The zero-order valence-electron chi connectivity index (χ0n) is 20.9. The number of amides is 2. The van der Waals surface area contributed by atoms with Crippen LogP contribution in [0.15, 0.2) is 48.5 Å². The van der Waals surface area contributed by atoms with Crippen molar-refractivity contribution in [1.82, 2.24) is 30.5 Å². The highest BCUT2D eigenvalue weighted by Gasteiger charge is 2.22. The minimum Gasteiger partial charge on any atom is -0.487 e. The number of hydrogen-bond donors (Lipinski definition) is 2. The molecular formula is C25H29FN6O5. The molecule has 1 heterocycles. The van der Waals surface area contributed by atoms with Gasteiger partial charge < -0.3 is 20.1 Å². The average Bonchev–Trinajstić information content (AvgIpc) is 3.29. The lowest BCUT2D eigenvalue weighted by molar-refractivity contribution is -0.144. The molecule has 0 spiro atoms. The molecule has 0 aliphatic carbocycles. The summed E-state index contributed by atoms with van der Waals surface area (Å²) in [7, 11) is 3.49. The Morgan fingerprint density at radius 2 is 1.81 bits per heavy atom. The van der Waals surface area contributed by atoms with Gasteiger partial charge in [0.25, 0.3) is 11.8 Å². The molecule has 12 heteroatoms. The first kappa shape index (κ1) is 27.3. The van der Waals surface area contributed by atoms with Crippen LogP contribution in [0.3, 0.4) is 0 Å². The third kappa shape index (κ3) is 7.84. The Hall–Kier alpha value is -4.32. The molecule has 0 fully saturated rings. The van der Waals surface area contributed by atoms with E-state index in [1.807, 2.05) is 6.92 Å². The molecule has 0 aliphatic rings. The second-order valence-corrected chi connectivity index (χ2v) is 8.16. The van der Waals surface area contributed by atoms with Crippen LogP contribution in [-0.4, -0.2) is 78.0 Å². The molecule has 0 bridgehead atoms. The van der Waals surface area contributed by atoms with Gasteiger partial charge >= 0.3 is 5.97 Å². The van der Waals surface area contributed by atoms with Crippen molar-refractivity contribution in [2.45, 2.75) is 13.5 Å². The number of benzene rings is 2. The minimum absolute atomic E-state index is 0.0103. The maximum absolute atomic E-state index is 13.6. The summed E-state index contributed by atoms with van der Waals surface area (Å²) >= 11 is 0. The van der Waals surface area contributed by atoms with Crippen molar-refractivity contribution in [1.29, 1.82) is 0 Å². The zero-order chi connectivity index (χ0) is 26.8. The van der Waals surface area contributed by atoms with Gasteiger partial charge in [-0.25, -0.2) is 9.07 Å². The van der Waals surface area contributed by atoms with Gasteiger partial charge in [0.05, 0.1) is 18.8 Å². The number of carbonyl (C=O) groups excluding carboxylic acids is 3. The van der Waals surface area contributed by atoms with E-state index >= 15 is 0 Å². The molecule has 2 amide bonds. The summed E-state index contributed by atoms with van der Waals surface area (Å²) in [6, 6.07) is 12.2. The largest absolute Gasteiger partial charge is 0.487 e. The van der Waals surface area contributed by atoms with Crippen LogP contribution in [0.4, 0.5) is 4.39 Å². The summed E-state index contributed by atoms with van der Waals surface area (Å²) < 4.78 is 25.8. The molecule has 0 aliphatic heterocycles. The van der Waals surface area contributed by atoms with E-state index in [2.05, 4.69) is 20.9 Å². The van der Waals surface area contributed by atoms with Gasteiger partial charge in [-0.1, -0.05) is 11.3 Å². The fourth-order valence-corrected chi connectivity index (χ4v) is 3.26. The molecular weight excluding hydrogens is 483 g/mol. The molecule has 0 saturated carbocycles. The Morgan fingerprint density at radius 3 is 2.49 bits per heavy atom. The van der Waals surface area contributed by atoms with Gasteiger partial charge in [-0.15, -0.1) is 5.10 Å². The molecule has 0 atom stereocenters. The summed E-state index contributed by atoms with van der Waals surface area (Å²) in [5, 5.41) is 13.5. The summed E-state index contributed by atoms with van der Waals surface area (Å²) in [4.78, 5) is 38.3. The van der Waals surface area contributed by atoms with E-state index in [-0.39, 0.29) is 43.7 Å². The van der Waals surface area contributed by atoms with E-state index in [4.69, 9.17) is 9.47 Å². The maximum atomic E-state index is 13.6. The number of hydrogen-bond acceptors (Lipinski definition) is 8. The van der Waals surface area contributed by atoms with Gasteiger partial charge in [-0.3, -0.25) is 19.3 Å². The highest BCUT2D eigenvalue weighted by atomic mass is 19.1. The van der Waals surface area contributed by atoms with Crippen molar-refractivity contribution in [2.75, 3.05) is 40.3 Å². The van der Waals surface area contributed by atoms with Crippen molar-refractivity contribution < 1.29 is 28.2 Å². The lowest BCUT2D eigenvalue weighted by Crippen LogP contribution is -2.31. The van der Waals surface area contributed by atoms with Crippen LogP contribution >= 0.6 is 0 Å². The second-order valence-electron chi connectivity index (χ2n) is 8.16. The number of rotatable bonds is 12. The number of carbonyl (C=O) groups is 3. The summed E-state index contributed by atoms with van der Waals surface area (Å²) in [5.74, 6) is -1.38. The van der Waals surface area contributed by atoms with Crippen molar-refractivity contribution >= 4 is 17.8 Å². The lowest BCUT2D eigenvalue weighted by atomic mass is 10.2. The number of nitrogens with zero attached hydrogens (tertiary/aromatic N) is 4. The average molecular weight is 513 g/mol. The Balaban J connectivity index is 1.78. The minimum atomic E-state index is -0.549. The Labute approximate surface area is 213 Å². The molecule has 0 radical (unpaired) electrons. The van der Waals surface area contributed by atoms with Crippen LogP contribution in [0.5, 0.6) is 5.75 Å². The van der Waals surface area contributed by atoms with E-state index < -0.39 is 17.7 Å². The van der Waals surface area contributed by atoms with Crippen LogP contribution in [0.2, 0.25) is 0 Å². The number of nitrogens with one attached hydrogen (secondary N) is 2. The second kappa shape index (κ2) is 13.1. The van der Waals surface area contributed by atoms with E-state index in [0.717, 1.165) is 0 Å². The van der Waals surface area contributed by atoms with E-state index in [0.29, 0.717) is 23.5 Å².